The van der Waals surface area contributed by atoms with E-state index in [0.717, 1.165) is 15.7 Å². The first-order chi connectivity index (χ1) is 5.81. The maximum Gasteiger partial charge on any atom is 0.183 e. The van der Waals surface area contributed by atoms with Crippen LogP contribution in [-0.4, -0.2) is 12.0 Å². The van der Waals surface area contributed by atoms with Crippen LogP contribution in [0, 0.1) is 0 Å². The first-order valence-corrected chi connectivity index (χ1v) is 4.57. The number of nitrogens with one attached hydrogen (secondary N) is 1. The molecule has 0 saturated carbocycles. The van der Waals surface area contributed by atoms with Crippen molar-refractivity contribution in [2.45, 2.75) is 6.92 Å². The zero-order valence-corrected chi connectivity index (χ0v) is 8.11. The van der Waals surface area contributed by atoms with Gasteiger partial charge in [0.15, 0.2) is 5.13 Å². The molecule has 0 amide bonds. The number of nitrogens with zero attached hydrogens (tertiary/aromatic N) is 1. The van der Waals surface area contributed by atoms with Crippen LogP contribution >= 0.6 is 11.3 Å². The van der Waals surface area contributed by atoms with Crippen molar-refractivity contribution in [3.8, 4) is 0 Å². The van der Waals surface area contributed by atoms with Crippen molar-refractivity contribution in [2.24, 2.45) is 0 Å². The summed E-state index contributed by atoms with van der Waals surface area (Å²) in [5, 5.41) is 3.93. The fourth-order valence-corrected chi connectivity index (χ4v) is 1.63. The van der Waals surface area contributed by atoms with Gasteiger partial charge in [-0.05, 0) is 19.1 Å². The molecule has 3 heteroatoms. The molecule has 1 N–H and O–H groups in total. The third kappa shape index (κ3) is 1.74. The molecule has 1 rings (SSSR count). The highest BCUT2D eigenvalue weighted by Crippen LogP contribution is 2.24. The van der Waals surface area contributed by atoms with Gasteiger partial charge in [-0.1, -0.05) is 24.0 Å². The van der Waals surface area contributed by atoms with Crippen LogP contribution in [0.3, 0.4) is 0 Å². The Hall–Kier alpha value is -1.09. The smallest absolute Gasteiger partial charge is 0.183 e. The van der Waals surface area contributed by atoms with Gasteiger partial charge in [-0.15, -0.1) is 0 Å². The van der Waals surface area contributed by atoms with Gasteiger partial charge in [0.1, 0.15) is 0 Å². The average molecular weight is 180 g/mol. The number of aromatic nitrogens is 1. The standard InChI is InChI=1S/C9H12N2S/c1-4-6-7-8(5-2)12-9(10-3)11-7/h4-6H,2H2,1,3H3,(H,10,11). The van der Waals surface area contributed by atoms with Gasteiger partial charge in [0.05, 0.1) is 10.6 Å². The Balaban J connectivity index is 3.07. The van der Waals surface area contributed by atoms with Gasteiger partial charge in [0.25, 0.3) is 0 Å². The molecule has 0 unspecified atom stereocenters. The Labute approximate surface area is 76.7 Å². The van der Waals surface area contributed by atoms with Gasteiger partial charge in [-0.2, -0.15) is 0 Å². The third-order valence-electron chi connectivity index (χ3n) is 1.40. The number of allylic oxidation sites excluding steroid dienone is 1. The van der Waals surface area contributed by atoms with Crippen LogP contribution in [0.25, 0.3) is 12.2 Å². The van der Waals surface area contributed by atoms with Crippen molar-refractivity contribution < 1.29 is 0 Å². The highest BCUT2D eigenvalue weighted by Gasteiger charge is 2.03. The van der Waals surface area contributed by atoms with Gasteiger partial charge in [-0.3, -0.25) is 0 Å². The predicted octanol–water partition coefficient (Wildman–Crippen LogP) is 2.86. The fourth-order valence-electron chi connectivity index (χ4n) is 0.874. The number of rotatable bonds is 3. The van der Waals surface area contributed by atoms with Crippen LogP contribution in [0.2, 0.25) is 0 Å². The van der Waals surface area contributed by atoms with E-state index >= 15 is 0 Å². The minimum absolute atomic E-state index is 0.929. The molecule has 64 valence electrons. The lowest BCUT2D eigenvalue weighted by molar-refractivity contribution is 1.33. The second kappa shape index (κ2) is 4.07. The summed E-state index contributed by atoms with van der Waals surface area (Å²) in [5.74, 6) is 0. The maximum atomic E-state index is 4.34. The van der Waals surface area contributed by atoms with Crippen LogP contribution < -0.4 is 5.32 Å². The molecule has 0 aliphatic heterocycles. The van der Waals surface area contributed by atoms with Gasteiger partial charge < -0.3 is 5.32 Å². The van der Waals surface area contributed by atoms with E-state index in [9.17, 15) is 0 Å². The first-order valence-electron chi connectivity index (χ1n) is 3.75. The lowest BCUT2D eigenvalue weighted by Crippen LogP contribution is -1.85. The van der Waals surface area contributed by atoms with Crippen molar-refractivity contribution in [3.63, 3.8) is 0 Å². The number of hydrogen-bond donors (Lipinski definition) is 1. The Morgan fingerprint density at radius 3 is 2.83 bits per heavy atom. The molecule has 0 aliphatic rings. The Morgan fingerprint density at radius 1 is 1.58 bits per heavy atom. The minimum Gasteiger partial charge on any atom is -0.365 e. The second-order valence-corrected chi connectivity index (χ2v) is 3.25. The van der Waals surface area contributed by atoms with Gasteiger partial charge in [0, 0.05) is 7.05 Å². The lowest BCUT2D eigenvalue weighted by atomic mass is 10.3. The number of hydrogen-bond acceptors (Lipinski definition) is 3. The Kier molecular flexibility index (Phi) is 3.05. The van der Waals surface area contributed by atoms with Gasteiger partial charge >= 0.3 is 0 Å². The molecule has 0 spiro atoms. The minimum atomic E-state index is 0.929. The van der Waals surface area contributed by atoms with Crippen molar-refractivity contribution in [1.29, 1.82) is 0 Å². The summed E-state index contributed by atoms with van der Waals surface area (Å²) < 4.78 is 0. The number of thiazole rings is 1. The Bertz CT molecular complexity index is 299. The van der Waals surface area contributed by atoms with Crippen molar-refractivity contribution in [2.75, 3.05) is 12.4 Å². The molecule has 0 aromatic carbocycles. The summed E-state index contributed by atoms with van der Waals surface area (Å²) in [6.07, 6.45) is 5.78. The van der Waals surface area contributed by atoms with E-state index in [0.29, 0.717) is 0 Å². The summed E-state index contributed by atoms with van der Waals surface area (Å²) in [5.41, 5.74) is 0.988. The van der Waals surface area contributed by atoms with E-state index in [1.54, 1.807) is 11.3 Å². The van der Waals surface area contributed by atoms with E-state index in [4.69, 9.17) is 0 Å². The highest BCUT2D eigenvalue weighted by atomic mass is 32.1. The van der Waals surface area contributed by atoms with Gasteiger partial charge in [0.2, 0.25) is 0 Å². The third-order valence-corrected chi connectivity index (χ3v) is 2.49. The normalized spacial score (nSPS) is 10.5. The lowest BCUT2D eigenvalue weighted by Gasteiger charge is -1.86. The molecular weight excluding hydrogens is 168 g/mol. The van der Waals surface area contributed by atoms with E-state index in [-0.39, 0.29) is 0 Å². The van der Waals surface area contributed by atoms with Crippen LogP contribution in [0.5, 0.6) is 0 Å². The monoisotopic (exact) mass is 180 g/mol. The second-order valence-electron chi connectivity index (χ2n) is 2.22. The molecule has 1 aromatic heterocycles. The van der Waals surface area contributed by atoms with Gasteiger partial charge in [-0.25, -0.2) is 4.98 Å². The van der Waals surface area contributed by atoms with Crippen molar-refractivity contribution in [3.05, 3.63) is 23.2 Å². The van der Waals surface area contributed by atoms with E-state index < -0.39 is 0 Å². The molecule has 1 aromatic rings. The van der Waals surface area contributed by atoms with Crippen molar-refractivity contribution in [1.82, 2.24) is 4.98 Å². The molecule has 0 fully saturated rings. The Morgan fingerprint density at radius 2 is 2.33 bits per heavy atom. The zero-order valence-electron chi connectivity index (χ0n) is 7.29. The van der Waals surface area contributed by atoms with Crippen LogP contribution in [0.1, 0.15) is 17.5 Å². The van der Waals surface area contributed by atoms with E-state index in [1.165, 1.54) is 0 Å². The van der Waals surface area contributed by atoms with E-state index in [2.05, 4.69) is 16.9 Å². The largest absolute Gasteiger partial charge is 0.365 e. The summed E-state index contributed by atoms with van der Waals surface area (Å²) in [4.78, 5) is 5.45. The molecule has 0 atom stereocenters. The summed E-state index contributed by atoms with van der Waals surface area (Å²) >= 11 is 1.61. The maximum absolute atomic E-state index is 4.34. The summed E-state index contributed by atoms with van der Waals surface area (Å²) in [6.45, 7) is 5.71. The molecule has 2 nitrogen and oxygen atoms in total. The molecule has 0 aliphatic carbocycles. The molecular formula is C9H12N2S. The summed E-state index contributed by atoms with van der Waals surface area (Å²) in [7, 11) is 1.87. The van der Waals surface area contributed by atoms with Crippen LogP contribution in [-0.2, 0) is 0 Å². The van der Waals surface area contributed by atoms with Crippen LogP contribution in [0.4, 0.5) is 5.13 Å². The predicted molar refractivity (Wildman–Crippen MR) is 56.5 cm³/mol. The van der Waals surface area contributed by atoms with E-state index in [1.807, 2.05) is 32.2 Å². The average Bonchev–Trinajstić information content (AvgIpc) is 2.48. The fraction of sp³-hybridized carbons (Fsp3) is 0.222. The molecule has 0 radical (unpaired) electrons. The highest BCUT2D eigenvalue weighted by molar-refractivity contribution is 7.16. The molecule has 1 heterocycles. The zero-order chi connectivity index (χ0) is 8.97. The molecule has 0 saturated heterocycles. The SMILES string of the molecule is C=Cc1sc(NC)nc1C=CC. The number of anilines is 1. The summed E-state index contributed by atoms with van der Waals surface area (Å²) in [6, 6.07) is 0. The first kappa shape index (κ1) is 9.00. The van der Waals surface area contributed by atoms with Crippen LogP contribution in [0.15, 0.2) is 12.7 Å². The van der Waals surface area contributed by atoms with Crippen molar-refractivity contribution >= 4 is 28.6 Å². The molecule has 0 bridgehead atoms. The topological polar surface area (TPSA) is 24.9 Å². The quantitative estimate of drug-likeness (QED) is 0.773. The molecule has 12 heavy (non-hydrogen) atoms.